The highest BCUT2D eigenvalue weighted by molar-refractivity contribution is 7.99. The number of likely N-dealkylation sites (tertiary alicyclic amines) is 1. The van der Waals surface area contributed by atoms with Crippen LogP contribution in [-0.4, -0.2) is 44.4 Å². The lowest BCUT2D eigenvalue weighted by Gasteiger charge is -2.26. The van der Waals surface area contributed by atoms with Crippen LogP contribution >= 0.6 is 23.4 Å². The molecule has 0 saturated carbocycles. The summed E-state index contributed by atoms with van der Waals surface area (Å²) in [5, 5.41) is 12.4. The maximum absolute atomic E-state index is 13.9. The first-order valence-corrected chi connectivity index (χ1v) is 12.0. The molecular weight excluding hydrogens is 449 g/mol. The fourth-order valence-corrected chi connectivity index (χ4v) is 4.62. The van der Waals surface area contributed by atoms with E-state index in [-0.39, 0.29) is 17.3 Å². The molecule has 1 N–H and O–H groups in total. The molecule has 1 aliphatic heterocycles. The van der Waals surface area contributed by atoms with Crippen molar-refractivity contribution in [2.75, 3.05) is 24.2 Å². The highest BCUT2D eigenvalue weighted by Gasteiger charge is 2.19. The number of anilines is 1. The SMILES string of the molecule is O=C(CSc1nnc(CN2CCCCC2)n1Cc1ccccc1)Nc1cc(Cl)ccc1F. The van der Waals surface area contributed by atoms with Gasteiger partial charge in [-0.15, -0.1) is 10.2 Å². The number of aromatic nitrogens is 3. The van der Waals surface area contributed by atoms with E-state index in [4.69, 9.17) is 11.6 Å². The van der Waals surface area contributed by atoms with Gasteiger partial charge in [0.25, 0.3) is 0 Å². The lowest BCUT2D eigenvalue weighted by atomic mass is 10.1. The van der Waals surface area contributed by atoms with Crippen molar-refractivity contribution in [3.8, 4) is 0 Å². The van der Waals surface area contributed by atoms with Crippen molar-refractivity contribution >= 4 is 35.0 Å². The monoisotopic (exact) mass is 473 g/mol. The summed E-state index contributed by atoms with van der Waals surface area (Å²) in [7, 11) is 0. The molecule has 0 unspecified atom stereocenters. The number of nitrogens with zero attached hydrogens (tertiary/aromatic N) is 4. The molecule has 9 heteroatoms. The summed E-state index contributed by atoms with van der Waals surface area (Å²) in [6, 6.07) is 14.2. The Morgan fingerprint density at radius 1 is 1.06 bits per heavy atom. The van der Waals surface area contributed by atoms with Crippen LogP contribution in [0.4, 0.5) is 10.1 Å². The molecule has 0 bridgehead atoms. The van der Waals surface area contributed by atoms with Gasteiger partial charge < -0.3 is 9.88 Å². The van der Waals surface area contributed by atoms with Gasteiger partial charge in [-0.25, -0.2) is 4.39 Å². The number of thioether (sulfide) groups is 1. The van der Waals surface area contributed by atoms with Crippen LogP contribution in [-0.2, 0) is 17.9 Å². The first-order valence-electron chi connectivity index (χ1n) is 10.6. The number of rotatable bonds is 8. The van der Waals surface area contributed by atoms with Crippen molar-refractivity contribution in [2.45, 2.75) is 37.5 Å². The molecule has 6 nitrogen and oxygen atoms in total. The van der Waals surface area contributed by atoms with Crippen LogP contribution in [0.25, 0.3) is 0 Å². The molecular formula is C23H25ClFN5OS. The van der Waals surface area contributed by atoms with Crippen molar-refractivity contribution in [3.05, 3.63) is 70.8 Å². The molecule has 3 aromatic rings. The Morgan fingerprint density at radius 3 is 2.62 bits per heavy atom. The van der Waals surface area contributed by atoms with E-state index in [9.17, 15) is 9.18 Å². The number of hydrogen-bond donors (Lipinski definition) is 1. The van der Waals surface area contributed by atoms with E-state index in [2.05, 4.69) is 37.1 Å². The van der Waals surface area contributed by atoms with Crippen molar-refractivity contribution in [1.82, 2.24) is 19.7 Å². The molecule has 0 spiro atoms. The fourth-order valence-electron chi connectivity index (χ4n) is 3.69. The second-order valence-electron chi connectivity index (χ2n) is 7.77. The van der Waals surface area contributed by atoms with Crippen LogP contribution in [0.3, 0.4) is 0 Å². The number of hydrogen-bond acceptors (Lipinski definition) is 5. The average Bonchev–Trinajstić information content (AvgIpc) is 3.17. The third kappa shape index (κ3) is 6.09. The molecule has 1 aromatic heterocycles. The zero-order chi connectivity index (χ0) is 22.3. The fraction of sp³-hybridized carbons (Fsp3) is 0.348. The van der Waals surface area contributed by atoms with Gasteiger partial charge in [0.05, 0.1) is 24.5 Å². The third-order valence-electron chi connectivity index (χ3n) is 5.33. The van der Waals surface area contributed by atoms with E-state index in [1.54, 1.807) is 0 Å². The Labute approximate surface area is 196 Å². The molecule has 2 aromatic carbocycles. The van der Waals surface area contributed by atoms with Crippen molar-refractivity contribution in [3.63, 3.8) is 0 Å². The summed E-state index contributed by atoms with van der Waals surface area (Å²) < 4.78 is 16.0. The summed E-state index contributed by atoms with van der Waals surface area (Å²) in [4.78, 5) is 14.8. The first-order chi connectivity index (χ1) is 15.6. The van der Waals surface area contributed by atoms with Gasteiger partial charge in [-0.1, -0.05) is 60.1 Å². The predicted octanol–water partition coefficient (Wildman–Crippen LogP) is 4.84. The minimum absolute atomic E-state index is 0.0691. The highest BCUT2D eigenvalue weighted by atomic mass is 35.5. The maximum atomic E-state index is 13.9. The number of nitrogens with one attached hydrogen (secondary N) is 1. The van der Waals surface area contributed by atoms with E-state index in [1.165, 1.54) is 49.2 Å². The molecule has 1 saturated heterocycles. The molecule has 4 rings (SSSR count). The van der Waals surface area contributed by atoms with Gasteiger partial charge in [-0.3, -0.25) is 9.69 Å². The molecule has 1 aliphatic rings. The molecule has 0 radical (unpaired) electrons. The normalized spacial score (nSPS) is 14.4. The van der Waals surface area contributed by atoms with Gasteiger partial charge >= 0.3 is 0 Å². The lowest BCUT2D eigenvalue weighted by Crippen LogP contribution is -2.30. The smallest absolute Gasteiger partial charge is 0.234 e. The third-order valence-corrected chi connectivity index (χ3v) is 6.53. The molecule has 32 heavy (non-hydrogen) atoms. The van der Waals surface area contributed by atoms with Crippen LogP contribution in [0.2, 0.25) is 5.02 Å². The summed E-state index contributed by atoms with van der Waals surface area (Å²) in [5.74, 6) is 0.120. The zero-order valence-electron chi connectivity index (χ0n) is 17.6. The highest BCUT2D eigenvalue weighted by Crippen LogP contribution is 2.23. The summed E-state index contributed by atoms with van der Waals surface area (Å²) in [5.41, 5.74) is 1.21. The van der Waals surface area contributed by atoms with Gasteiger partial charge in [-0.05, 0) is 49.7 Å². The maximum Gasteiger partial charge on any atom is 0.234 e. The van der Waals surface area contributed by atoms with Crippen LogP contribution in [0.15, 0.2) is 53.7 Å². The zero-order valence-corrected chi connectivity index (χ0v) is 19.2. The number of piperidine rings is 1. The Bertz CT molecular complexity index is 1060. The second-order valence-corrected chi connectivity index (χ2v) is 9.15. The number of amides is 1. The average molecular weight is 474 g/mol. The van der Waals surface area contributed by atoms with Crippen LogP contribution in [0.5, 0.6) is 0 Å². The van der Waals surface area contributed by atoms with Gasteiger partial charge in [0.2, 0.25) is 5.91 Å². The Balaban J connectivity index is 1.46. The van der Waals surface area contributed by atoms with Crippen LogP contribution in [0, 0.1) is 5.82 Å². The van der Waals surface area contributed by atoms with E-state index in [0.717, 1.165) is 31.0 Å². The second kappa shape index (κ2) is 10.9. The van der Waals surface area contributed by atoms with E-state index >= 15 is 0 Å². The number of benzene rings is 2. The van der Waals surface area contributed by atoms with Crippen LogP contribution < -0.4 is 5.32 Å². The van der Waals surface area contributed by atoms with Crippen molar-refractivity contribution in [2.24, 2.45) is 0 Å². The van der Waals surface area contributed by atoms with E-state index in [1.807, 2.05) is 18.2 Å². The predicted molar refractivity (Wildman–Crippen MR) is 125 cm³/mol. The lowest BCUT2D eigenvalue weighted by molar-refractivity contribution is -0.113. The summed E-state index contributed by atoms with van der Waals surface area (Å²) >= 11 is 7.19. The van der Waals surface area contributed by atoms with E-state index in [0.29, 0.717) is 16.7 Å². The molecule has 1 amide bonds. The van der Waals surface area contributed by atoms with Crippen LogP contribution in [0.1, 0.15) is 30.7 Å². The van der Waals surface area contributed by atoms with Crippen molar-refractivity contribution < 1.29 is 9.18 Å². The summed E-state index contributed by atoms with van der Waals surface area (Å²) in [6.45, 7) is 3.49. The Kier molecular flexibility index (Phi) is 7.78. The molecule has 0 atom stereocenters. The molecule has 2 heterocycles. The van der Waals surface area contributed by atoms with Gasteiger partial charge in [0, 0.05) is 5.02 Å². The van der Waals surface area contributed by atoms with Gasteiger partial charge in [0.15, 0.2) is 5.16 Å². The quantitative estimate of drug-likeness (QED) is 0.474. The minimum atomic E-state index is -0.524. The van der Waals surface area contributed by atoms with Crippen molar-refractivity contribution in [1.29, 1.82) is 0 Å². The van der Waals surface area contributed by atoms with E-state index < -0.39 is 5.82 Å². The largest absolute Gasteiger partial charge is 0.323 e. The molecule has 168 valence electrons. The molecule has 0 aliphatic carbocycles. The summed E-state index contributed by atoms with van der Waals surface area (Å²) in [6.07, 6.45) is 3.68. The minimum Gasteiger partial charge on any atom is -0.323 e. The topological polar surface area (TPSA) is 63.1 Å². The number of carbonyl (C=O) groups excluding carboxylic acids is 1. The Morgan fingerprint density at radius 2 is 1.84 bits per heavy atom. The number of halogens is 2. The number of carbonyl (C=O) groups is 1. The standard InChI is InChI=1S/C23H25ClFN5OS/c24-18-9-10-19(25)20(13-18)26-22(31)16-32-23-28-27-21(15-29-11-5-2-6-12-29)30(23)14-17-7-3-1-4-8-17/h1,3-4,7-10,13H,2,5-6,11-12,14-16H2,(H,26,31). The Hall–Kier alpha value is -2.42. The van der Waals surface area contributed by atoms with Gasteiger partial charge in [0.1, 0.15) is 11.6 Å². The van der Waals surface area contributed by atoms with Gasteiger partial charge in [-0.2, -0.15) is 0 Å². The first kappa shape index (κ1) is 22.8. The molecule has 1 fully saturated rings.